The molecule has 4 nitrogen and oxygen atoms in total. The fourth-order valence-corrected chi connectivity index (χ4v) is 1.36. The molecule has 0 aliphatic carbocycles. The second-order valence-electron chi connectivity index (χ2n) is 2.84. The number of aliphatic carboxylic acids is 1. The molecule has 16 heavy (non-hydrogen) atoms. The Morgan fingerprint density at radius 3 is 2.75 bits per heavy atom. The van der Waals surface area contributed by atoms with E-state index in [1.807, 2.05) is 0 Å². The first-order valence-corrected chi connectivity index (χ1v) is 4.43. The Kier molecular flexibility index (Phi) is 3.74. The molecule has 0 aromatic carbocycles. The van der Waals surface area contributed by atoms with Crippen molar-refractivity contribution in [2.24, 2.45) is 0 Å². The maximum absolute atomic E-state index is 12.5. The number of nitriles is 1. The standard InChI is InChI=1S/C9H5ClF2N2O2/c10-6-1-4(2-7(15)16)14-8(9(11)12)5(6)3-13/h1,9H,2H2,(H,15,16). The summed E-state index contributed by atoms with van der Waals surface area (Å²) in [6.45, 7) is 0. The number of alkyl halides is 2. The monoisotopic (exact) mass is 246 g/mol. The summed E-state index contributed by atoms with van der Waals surface area (Å²) in [7, 11) is 0. The lowest BCUT2D eigenvalue weighted by Crippen LogP contribution is -2.06. The molecule has 1 N–H and O–H groups in total. The molecule has 84 valence electrons. The van der Waals surface area contributed by atoms with Gasteiger partial charge >= 0.3 is 5.97 Å². The summed E-state index contributed by atoms with van der Waals surface area (Å²) in [5, 5.41) is 16.9. The first-order chi connectivity index (χ1) is 7.45. The van der Waals surface area contributed by atoms with Crippen molar-refractivity contribution in [1.29, 1.82) is 5.26 Å². The fraction of sp³-hybridized carbons (Fsp3) is 0.222. The number of carbonyl (C=O) groups is 1. The van der Waals surface area contributed by atoms with Gasteiger partial charge in [-0.2, -0.15) is 5.26 Å². The molecule has 0 saturated carbocycles. The number of carboxylic acids is 1. The van der Waals surface area contributed by atoms with Crippen molar-refractivity contribution in [3.05, 3.63) is 28.0 Å². The van der Waals surface area contributed by atoms with E-state index in [1.165, 1.54) is 6.07 Å². The average Bonchev–Trinajstić information content (AvgIpc) is 2.15. The fourth-order valence-electron chi connectivity index (χ4n) is 1.10. The summed E-state index contributed by atoms with van der Waals surface area (Å²) in [6, 6.07) is 2.60. The van der Waals surface area contributed by atoms with Crippen LogP contribution >= 0.6 is 11.6 Å². The maximum Gasteiger partial charge on any atom is 0.309 e. The summed E-state index contributed by atoms with van der Waals surface area (Å²) in [4.78, 5) is 13.8. The van der Waals surface area contributed by atoms with Crippen LogP contribution in [0, 0.1) is 11.3 Å². The highest BCUT2D eigenvalue weighted by Crippen LogP contribution is 2.26. The molecule has 0 radical (unpaired) electrons. The van der Waals surface area contributed by atoms with E-state index in [2.05, 4.69) is 4.98 Å². The van der Waals surface area contributed by atoms with Gasteiger partial charge in [-0.3, -0.25) is 4.79 Å². The van der Waals surface area contributed by atoms with Crippen molar-refractivity contribution in [2.45, 2.75) is 12.8 Å². The second-order valence-corrected chi connectivity index (χ2v) is 3.25. The summed E-state index contributed by atoms with van der Waals surface area (Å²) >= 11 is 5.57. The van der Waals surface area contributed by atoms with Gasteiger partial charge in [0.25, 0.3) is 6.43 Å². The Morgan fingerprint density at radius 2 is 2.31 bits per heavy atom. The van der Waals surface area contributed by atoms with Gasteiger partial charge in [0.2, 0.25) is 0 Å². The molecular weight excluding hydrogens is 242 g/mol. The quantitative estimate of drug-likeness (QED) is 0.887. The first kappa shape index (κ1) is 12.3. The number of carboxylic acid groups (broad SMARTS) is 1. The molecule has 0 aliphatic rings. The smallest absolute Gasteiger partial charge is 0.309 e. The SMILES string of the molecule is N#Cc1c(Cl)cc(CC(=O)O)nc1C(F)F. The van der Waals surface area contributed by atoms with Gasteiger partial charge in [-0.1, -0.05) is 11.6 Å². The van der Waals surface area contributed by atoms with Gasteiger partial charge < -0.3 is 5.11 Å². The molecule has 0 fully saturated rings. The average molecular weight is 247 g/mol. The van der Waals surface area contributed by atoms with E-state index in [4.69, 9.17) is 22.0 Å². The number of rotatable bonds is 3. The van der Waals surface area contributed by atoms with Gasteiger partial charge in [-0.15, -0.1) is 0 Å². The molecule has 7 heteroatoms. The molecule has 1 heterocycles. The molecule has 0 spiro atoms. The Balaban J connectivity index is 3.29. The zero-order chi connectivity index (χ0) is 12.3. The van der Waals surface area contributed by atoms with Crippen LogP contribution < -0.4 is 0 Å². The van der Waals surface area contributed by atoms with E-state index in [0.29, 0.717) is 0 Å². The van der Waals surface area contributed by atoms with Gasteiger partial charge in [0.05, 0.1) is 22.7 Å². The molecule has 1 aromatic heterocycles. The Morgan fingerprint density at radius 1 is 1.69 bits per heavy atom. The Labute approximate surface area is 94.1 Å². The molecule has 0 saturated heterocycles. The number of nitrogens with zero attached hydrogens (tertiary/aromatic N) is 2. The maximum atomic E-state index is 12.5. The van der Waals surface area contributed by atoms with E-state index in [-0.39, 0.29) is 10.7 Å². The Hall–Kier alpha value is -1.74. The molecule has 0 amide bonds. The van der Waals surface area contributed by atoms with E-state index in [1.54, 1.807) is 0 Å². The topological polar surface area (TPSA) is 74.0 Å². The predicted molar refractivity (Wildman–Crippen MR) is 50.3 cm³/mol. The number of hydrogen-bond donors (Lipinski definition) is 1. The van der Waals surface area contributed by atoms with Crippen molar-refractivity contribution in [2.75, 3.05) is 0 Å². The number of aromatic nitrogens is 1. The zero-order valence-corrected chi connectivity index (χ0v) is 8.50. The van der Waals surface area contributed by atoms with Crippen LogP contribution in [-0.4, -0.2) is 16.1 Å². The van der Waals surface area contributed by atoms with E-state index >= 15 is 0 Å². The summed E-state index contributed by atoms with van der Waals surface area (Å²) < 4.78 is 25.0. The van der Waals surface area contributed by atoms with Crippen LogP contribution in [0.15, 0.2) is 6.07 Å². The van der Waals surface area contributed by atoms with Gasteiger partial charge in [0.1, 0.15) is 11.8 Å². The van der Waals surface area contributed by atoms with E-state index in [9.17, 15) is 13.6 Å². The lowest BCUT2D eigenvalue weighted by molar-refractivity contribution is -0.136. The number of halogens is 3. The van der Waals surface area contributed by atoms with Crippen LogP contribution in [0.5, 0.6) is 0 Å². The lowest BCUT2D eigenvalue weighted by Gasteiger charge is -2.06. The second kappa shape index (κ2) is 4.86. The molecule has 0 unspecified atom stereocenters. The Bertz CT molecular complexity index is 471. The normalized spacial score (nSPS) is 10.2. The largest absolute Gasteiger partial charge is 0.481 e. The van der Waals surface area contributed by atoms with Crippen LogP contribution in [0.3, 0.4) is 0 Å². The van der Waals surface area contributed by atoms with Crippen molar-refractivity contribution >= 4 is 17.6 Å². The predicted octanol–water partition coefficient (Wildman–Crippen LogP) is 2.17. The number of pyridine rings is 1. The first-order valence-electron chi connectivity index (χ1n) is 4.05. The minimum atomic E-state index is -2.97. The van der Waals surface area contributed by atoms with E-state index < -0.39 is 30.1 Å². The molecule has 0 bridgehead atoms. The molecule has 0 atom stereocenters. The van der Waals surface area contributed by atoms with Crippen LogP contribution in [0.4, 0.5) is 8.78 Å². The van der Waals surface area contributed by atoms with Gasteiger partial charge in [0, 0.05) is 0 Å². The highest BCUT2D eigenvalue weighted by Gasteiger charge is 2.19. The third-order valence-corrected chi connectivity index (χ3v) is 2.00. The molecule has 0 aliphatic heterocycles. The van der Waals surface area contributed by atoms with Gasteiger partial charge in [-0.25, -0.2) is 13.8 Å². The zero-order valence-electron chi connectivity index (χ0n) is 7.75. The highest BCUT2D eigenvalue weighted by atomic mass is 35.5. The van der Waals surface area contributed by atoms with Gasteiger partial charge in [-0.05, 0) is 6.07 Å². The third kappa shape index (κ3) is 2.64. The minimum Gasteiger partial charge on any atom is -0.481 e. The van der Waals surface area contributed by atoms with Crippen LogP contribution in [0.2, 0.25) is 5.02 Å². The van der Waals surface area contributed by atoms with E-state index in [0.717, 1.165) is 6.07 Å². The lowest BCUT2D eigenvalue weighted by atomic mass is 10.1. The van der Waals surface area contributed by atoms with Gasteiger partial charge in [0.15, 0.2) is 0 Å². The minimum absolute atomic E-state index is 0.105. The summed E-state index contributed by atoms with van der Waals surface area (Å²) in [5.41, 5.74) is -1.32. The molecular formula is C9H5ClF2N2O2. The van der Waals surface area contributed by atoms with Crippen molar-refractivity contribution in [3.63, 3.8) is 0 Å². The third-order valence-electron chi connectivity index (χ3n) is 1.70. The number of hydrogen-bond acceptors (Lipinski definition) is 3. The van der Waals surface area contributed by atoms with Crippen LogP contribution in [0.25, 0.3) is 0 Å². The van der Waals surface area contributed by atoms with Crippen LogP contribution in [0.1, 0.15) is 23.4 Å². The molecule has 1 aromatic rings. The summed E-state index contributed by atoms with van der Waals surface area (Å²) in [5.74, 6) is -1.21. The van der Waals surface area contributed by atoms with Crippen molar-refractivity contribution in [1.82, 2.24) is 4.98 Å². The van der Waals surface area contributed by atoms with Crippen LogP contribution in [-0.2, 0) is 11.2 Å². The van der Waals surface area contributed by atoms with Crippen molar-refractivity contribution in [3.8, 4) is 6.07 Å². The highest BCUT2D eigenvalue weighted by molar-refractivity contribution is 6.31. The molecule has 1 rings (SSSR count). The summed E-state index contributed by atoms with van der Waals surface area (Å²) in [6.07, 6.45) is -3.49. The van der Waals surface area contributed by atoms with Crippen molar-refractivity contribution < 1.29 is 18.7 Å².